The molecule has 16 heavy (non-hydrogen) atoms. The quantitative estimate of drug-likeness (QED) is 0.648. The zero-order chi connectivity index (χ0) is 10.8. The molecule has 1 aromatic heterocycles. The third-order valence-corrected chi connectivity index (χ3v) is 2.61. The van der Waals surface area contributed by atoms with E-state index >= 15 is 0 Å². The second-order valence-electron chi connectivity index (χ2n) is 3.82. The van der Waals surface area contributed by atoms with Crippen LogP contribution in [-0.4, -0.2) is 5.78 Å². The maximum atomic E-state index is 11.1. The van der Waals surface area contributed by atoms with Crippen LogP contribution in [0.25, 0.3) is 10.8 Å². The van der Waals surface area contributed by atoms with Crippen molar-refractivity contribution in [2.45, 2.75) is 20.4 Å². The van der Waals surface area contributed by atoms with E-state index < -0.39 is 0 Å². The van der Waals surface area contributed by atoms with E-state index in [1.807, 2.05) is 35.9 Å². The fraction of sp³-hybridized carbons (Fsp3) is 0.231. The summed E-state index contributed by atoms with van der Waals surface area (Å²) in [6.45, 7) is 4.11. The fourth-order valence-corrected chi connectivity index (χ4v) is 1.82. The van der Waals surface area contributed by atoms with Gasteiger partial charge in [-0.15, -0.1) is 0 Å². The van der Waals surface area contributed by atoms with Crippen molar-refractivity contribution < 1.29 is 26.3 Å². The number of fused-ring (bicyclic) bond motifs is 1. The molecule has 2 aromatic rings. The summed E-state index contributed by atoms with van der Waals surface area (Å²) in [6, 6.07) is 10.3. The average molecular weight is 280 g/mol. The van der Waals surface area contributed by atoms with Gasteiger partial charge in [0.25, 0.3) is 0 Å². The fourth-order valence-electron chi connectivity index (χ4n) is 1.82. The van der Waals surface area contributed by atoms with Crippen LogP contribution in [0.15, 0.2) is 36.5 Å². The highest BCUT2D eigenvalue weighted by molar-refractivity contribution is 5.83. The van der Waals surface area contributed by atoms with Crippen molar-refractivity contribution in [1.29, 1.82) is 0 Å². The molecule has 2 nitrogen and oxygen atoms in total. The first-order valence-electron chi connectivity index (χ1n) is 5.06. The van der Waals surface area contributed by atoms with Gasteiger partial charge in [0, 0.05) is 25.3 Å². The Bertz CT molecular complexity index is 522. The molecule has 0 aliphatic rings. The first-order valence-corrected chi connectivity index (χ1v) is 5.06. The minimum absolute atomic E-state index is 0. The molecule has 84 valence electrons. The number of halogens is 1. The van der Waals surface area contributed by atoms with Crippen LogP contribution < -0.4 is 21.5 Å². The number of ketones is 1. The lowest BCUT2D eigenvalue weighted by Gasteiger charge is -2.02. The minimum atomic E-state index is 0. The number of Topliss-reactive ketones (excluding diaryl/α,β-unsaturated/α-hetero) is 1. The molecule has 0 saturated heterocycles. The molecule has 3 heteroatoms. The molecule has 0 aliphatic heterocycles. The van der Waals surface area contributed by atoms with Gasteiger partial charge in [-0.05, 0) is 11.5 Å². The van der Waals surface area contributed by atoms with Crippen molar-refractivity contribution in [2.24, 2.45) is 0 Å². The SMILES string of the molecule is CC(=O)C[n+]1ccc2ccccc2c1C.[Br-]. The molecule has 2 rings (SSSR count). The van der Waals surface area contributed by atoms with Gasteiger partial charge in [0.15, 0.2) is 17.7 Å². The first-order chi connectivity index (χ1) is 7.18. The Hall–Kier alpha value is -1.22. The third-order valence-electron chi connectivity index (χ3n) is 2.61. The summed E-state index contributed by atoms with van der Waals surface area (Å²) in [4.78, 5) is 11.1. The number of carbonyl (C=O) groups excluding carboxylic acids is 1. The Morgan fingerprint density at radius 2 is 1.94 bits per heavy atom. The molecule has 0 radical (unpaired) electrons. The number of nitrogens with zero attached hydrogens (tertiary/aromatic N) is 1. The van der Waals surface area contributed by atoms with E-state index in [1.54, 1.807) is 6.92 Å². The van der Waals surface area contributed by atoms with E-state index in [2.05, 4.69) is 12.1 Å². The van der Waals surface area contributed by atoms with E-state index in [0.29, 0.717) is 6.54 Å². The molecule has 0 unspecified atom stereocenters. The predicted molar refractivity (Wildman–Crippen MR) is 59.6 cm³/mol. The third kappa shape index (κ3) is 2.47. The maximum absolute atomic E-state index is 11.1. The summed E-state index contributed by atoms with van der Waals surface area (Å²) < 4.78 is 1.99. The minimum Gasteiger partial charge on any atom is -1.00 e. The number of aromatic nitrogens is 1. The highest BCUT2D eigenvalue weighted by atomic mass is 79.9. The smallest absolute Gasteiger partial charge is 0.206 e. The summed E-state index contributed by atoms with van der Waals surface area (Å²) in [7, 11) is 0. The van der Waals surface area contributed by atoms with Gasteiger partial charge in [-0.25, -0.2) is 0 Å². The highest BCUT2D eigenvalue weighted by Gasteiger charge is 2.11. The van der Waals surface area contributed by atoms with Gasteiger partial charge in [0.2, 0.25) is 6.54 Å². The molecule has 1 heterocycles. The van der Waals surface area contributed by atoms with Crippen LogP contribution in [0.3, 0.4) is 0 Å². The lowest BCUT2D eigenvalue weighted by molar-refractivity contribution is -0.688. The molecular weight excluding hydrogens is 266 g/mol. The molecule has 0 spiro atoms. The molecule has 0 saturated carbocycles. The van der Waals surface area contributed by atoms with Gasteiger partial charge in [-0.3, -0.25) is 4.79 Å². The largest absolute Gasteiger partial charge is 1.00 e. The van der Waals surface area contributed by atoms with Gasteiger partial charge < -0.3 is 17.0 Å². The van der Waals surface area contributed by atoms with Crippen LogP contribution in [0, 0.1) is 6.92 Å². The topological polar surface area (TPSA) is 20.9 Å². The Kier molecular flexibility index (Phi) is 4.19. The predicted octanol–water partition coefficient (Wildman–Crippen LogP) is -0.971. The number of hydrogen-bond acceptors (Lipinski definition) is 1. The number of pyridine rings is 1. The van der Waals surface area contributed by atoms with Crippen molar-refractivity contribution in [3.05, 3.63) is 42.2 Å². The Balaban J connectivity index is 0.00000128. The van der Waals surface area contributed by atoms with Crippen LogP contribution in [0.4, 0.5) is 0 Å². The van der Waals surface area contributed by atoms with E-state index in [-0.39, 0.29) is 22.8 Å². The zero-order valence-corrected chi connectivity index (χ0v) is 11.0. The van der Waals surface area contributed by atoms with Crippen LogP contribution in [0.5, 0.6) is 0 Å². The summed E-state index contributed by atoms with van der Waals surface area (Å²) in [5, 5.41) is 2.43. The number of hydrogen-bond donors (Lipinski definition) is 0. The monoisotopic (exact) mass is 279 g/mol. The number of rotatable bonds is 2. The van der Waals surface area contributed by atoms with E-state index in [1.165, 1.54) is 10.8 Å². The van der Waals surface area contributed by atoms with Crippen LogP contribution in [0.2, 0.25) is 0 Å². The van der Waals surface area contributed by atoms with Crippen molar-refractivity contribution in [3.63, 3.8) is 0 Å². The molecule has 0 aliphatic carbocycles. The zero-order valence-electron chi connectivity index (χ0n) is 9.40. The van der Waals surface area contributed by atoms with Gasteiger partial charge in [-0.1, -0.05) is 18.2 Å². The van der Waals surface area contributed by atoms with Crippen molar-refractivity contribution >= 4 is 16.6 Å². The van der Waals surface area contributed by atoms with E-state index in [4.69, 9.17) is 0 Å². The van der Waals surface area contributed by atoms with Crippen molar-refractivity contribution in [1.82, 2.24) is 0 Å². The Labute approximate surface area is 106 Å². The van der Waals surface area contributed by atoms with Gasteiger partial charge >= 0.3 is 0 Å². The van der Waals surface area contributed by atoms with Gasteiger partial charge in [0.05, 0.1) is 0 Å². The second kappa shape index (κ2) is 5.21. The molecule has 0 bridgehead atoms. The summed E-state index contributed by atoms with van der Waals surface area (Å²) in [6.07, 6.45) is 1.97. The number of aryl methyl sites for hydroxylation is 1. The molecule has 1 aromatic carbocycles. The number of benzene rings is 1. The molecule has 0 fully saturated rings. The molecule has 0 N–H and O–H groups in total. The van der Waals surface area contributed by atoms with Crippen LogP contribution in [0.1, 0.15) is 12.6 Å². The Morgan fingerprint density at radius 3 is 2.62 bits per heavy atom. The van der Waals surface area contributed by atoms with Crippen LogP contribution >= 0.6 is 0 Å². The Morgan fingerprint density at radius 1 is 1.25 bits per heavy atom. The second-order valence-corrected chi connectivity index (χ2v) is 3.82. The first kappa shape index (κ1) is 12.8. The van der Waals surface area contributed by atoms with Gasteiger partial charge in [0.1, 0.15) is 0 Å². The summed E-state index contributed by atoms with van der Waals surface area (Å²) in [5.74, 6) is 0.179. The normalized spacial score (nSPS) is 9.88. The van der Waals surface area contributed by atoms with Gasteiger partial charge in [-0.2, -0.15) is 4.57 Å². The molecule has 0 atom stereocenters. The van der Waals surface area contributed by atoms with Crippen LogP contribution in [-0.2, 0) is 11.3 Å². The maximum Gasteiger partial charge on any atom is 0.206 e. The standard InChI is InChI=1S/C13H14NO.BrH/c1-10(15)9-14-8-7-12-5-3-4-6-13(12)11(14)2;/h3-8H,9H2,1-2H3;1H/q+1;/p-1. The lowest BCUT2D eigenvalue weighted by Crippen LogP contribution is -3.00. The van der Waals surface area contributed by atoms with E-state index in [9.17, 15) is 4.79 Å². The average Bonchev–Trinajstić information content (AvgIpc) is 2.22. The molecular formula is C13H14BrNO. The number of carbonyl (C=O) groups is 1. The lowest BCUT2D eigenvalue weighted by atomic mass is 10.1. The van der Waals surface area contributed by atoms with Crippen molar-refractivity contribution in [3.8, 4) is 0 Å². The summed E-state index contributed by atoms with van der Waals surface area (Å²) in [5.41, 5.74) is 1.14. The molecule has 0 amide bonds. The summed E-state index contributed by atoms with van der Waals surface area (Å²) >= 11 is 0. The van der Waals surface area contributed by atoms with E-state index in [0.717, 1.165) is 5.69 Å². The van der Waals surface area contributed by atoms with Crippen molar-refractivity contribution in [2.75, 3.05) is 0 Å². The highest BCUT2D eigenvalue weighted by Crippen LogP contribution is 2.13.